The zero-order valence-electron chi connectivity index (χ0n) is 14.4. The summed E-state index contributed by atoms with van der Waals surface area (Å²) < 4.78 is 5.81. The van der Waals surface area contributed by atoms with Crippen LogP contribution in [0.15, 0.2) is 41.8 Å². The standard InChI is InChI=1S/C19H24N2O2S.ClH/c1-20-13-15-7-9-21(10-8-15)19(22)16-4-2-5-17(12-16)23-14-18-6-3-11-24-18;/h2-6,11-12,15,20H,7-10,13-14H2,1H3;1H. The minimum atomic E-state index is 0. The van der Waals surface area contributed by atoms with Gasteiger partial charge >= 0.3 is 0 Å². The van der Waals surface area contributed by atoms with Crippen LogP contribution in [0, 0.1) is 5.92 Å². The van der Waals surface area contributed by atoms with Crippen molar-refractivity contribution in [2.45, 2.75) is 19.4 Å². The lowest BCUT2D eigenvalue weighted by Crippen LogP contribution is -2.40. The topological polar surface area (TPSA) is 41.6 Å². The third-order valence-electron chi connectivity index (χ3n) is 4.44. The van der Waals surface area contributed by atoms with Crippen molar-refractivity contribution in [1.29, 1.82) is 0 Å². The van der Waals surface area contributed by atoms with E-state index in [1.54, 1.807) is 11.3 Å². The predicted octanol–water partition coefficient (Wildman–Crippen LogP) is 3.82. The molecule has 0 saturated carbocycles. The molecule has 4 nitrogen and oxygen atoms in total. The highest BCUT2D eigenvalue weighted by Crippen LogP contribution is 2.21. The highest BCUT2D eigenvalue weighted by Gasteiger charge is 2.23. The Balaban J connectivity index is 0.00000225. The number of halogens is 1. The first-order chi connectivity index (χ1) is 11.8. The van der Waals surface area contributed by atoms with Crippen molar-refractivity contribution in [3.05, 3.63) is 52.2 Å². The number of carbonyl (C=O) groups is 1. The Morgan fingerprint density at radius 1 is 1.28 bits per heavy atom. The molecule has 3 rings (SSSR count). The molecule has 0 unspecified atom stereocenters. The van der Waals surface area contributed by atoms with Crippen molar-refractivity contribution in [3.63, 3.8) is 0 Å². The summed E-state index contributed by atoms with van der Waals surface area (Å²) in [5.41, 5.74) is 0.714. The fraction of sp³-hybridized carbons (Fsp3) is 0.421. The molecule has 1 aliphatic heterocycles. The SMILES string of the molecule is CNCC1CCN(C(=O)c2cccc(OCc3cccs3)c2)CC1.Cl. The average Bonchev–Trinajstić information content (AvgIpc) is 3.14. The second-order valence-corrected chi connectivity index (χ2v) is 7.22. The highest BCUT2D eigenvalue weighted by atomic mass is 35.5. The van der Waals surface area contributed by atoms with Gasteiger partial charge < -0.3 is 15.0 Å². The number of hydrogen-bond donors (Lipinski definition) is 1. The molecule has 2 heterocycles. The third kappa shape index (κ3) is 5.46. The second-order valence-electron chi connectivity index (χ2n) is 6.19. The molecular weight excluding hydrogens is 356 g/mol. The van der Waals surface area contributed by atoms with Crippen LogP contribution in [0.3, 0.4) is 0 Å². The average molecular weight is 381 g/mol. The normalized spacial score (nSPS) is 14.8. The summed E-state index contributed by atoms with van der Waals surface area (Å²) >= 11 is 1.67. The number of benzene rings is 1. The summed E-state index contributed by atoms with van der Waals surface area (Å²) in [6.45, 7) is 3.26. The number of nitrogens with one attached hydrogen (secondary N) is 1. The highest BCUT2D eigenvalue weighted by molar-refractivity contribution is 7.09. The van der Waals surface area contributed by atoms with Crippen molar-refractivity contribution in [2.24, 2.45) is 5.92 Å². The molecule has 0 aliphatic carbocycles. The first-order valence-corrected chi connectivity index (χ1v) is 9.33. The number of rotatable bonds is 6. The van der Waals surface area contributed by atoms with Crippen LogP contribution in [-0.4, -0.2) is 37.5 Å². The number of likely N-dealkylation sites (tertiary alicyclic amines) is 1. The summed E-state index contributed by atoms with van der Waals surface area (Å²) in [5, 5.41) is 5.27. The van der Waals surface area contributed by atoms with Gasteiger partial charge in [0.25, 0.3) is 5.91 Å². The van der Waals surface area contributed by atoms with E-state index < -0.39 is 0 Å². The van der Waals surface area contributed by atoms with E-state index in [4.69, 9.17) is 4.74 Å². The van der Waals surface area contributed by atoms with Crippen LogP contribution in [0.25, 0.3) is 0 Å². The largest absolute Gasteiger partial charge is 0.488 e. The van der Waals surface area contributed by atoms with Gasteiger partial charge in [0.2, 0.25) is 0 Å². The molecule has 0 radical (unpaired) electrons. The zero-order valence-corrected chi connectivity index (χ0v) is 16.1. The lowest BCUT2D eigenvalue weighted by atomic mass is 9.96. The first-order valence-electron chi connectivity index (χ1n) is 8.45. The molecule has 2 aromatic rings. The molecule has 0 bridgehead atoms. The van der Waals surface area contributed by atoms with Crippen LogP contribution in [0.5, 0.6) is 5.75 Å². The lowest BCUT2D eigenvalue weighted by Gasteiger charge is -2.32. The van der Waals surface area contributed by atoms with E-state index in [2.05, 4.69) is 11.4 Å². The van der Waals surface area contributed by atoms with E-state index in [9.17, 15) is 4.79 Å². The number of nitrogens with zero attached hydrogens (tertiary/aromatic N) is 1. The Bertz CT molecular complexity index is 655. The number of piperidine rings is 1. The monoisotopic (exact) mass is 380 g/mol. The maximum absolute atomic E-state index is 12.7. The van der Waals surface area contributed by atoms with Gasteiger partial charge in [0.15, 0.2) is 0 Å². The van der Waals surface area contributed by atoms with E-state index in [0.717, 1.165) is 38.2 Å². The number of carbonyl (C=O) groups excluding carboxylic acids is 1. The fourth-order valence-corrected chi connectivity index (χ4v) is 3.70. The van der Waals surface area contributed by atoms with Gasteiger partial charge in [-0.2, -0.15) is 0 Å². The predicted molar refractivity (Wildman–Crippen MR) is 105 cm³/mol. The minimum absolute atomic E-state index is 0. The van der Waals surface area contributed by atoms with Crippen molar-refractivity contribution in [3.8, 4) is 5.75 Å². The maximum Gasteiger partial charge on any atom is 0.253 e. The van der Waals surface area contributed by atoms with Crippen LogP contribution in [0.4, 0.5) is 0 Å². The molecular formula is C19H25ClN2O2S. The van der Waals surface area contributed by atoms with Crippen molar-refractivity contribution < 1.29 is 9.53 Å². The summed E-state index contributed by atoms with van der Waals surface area (Å²) in [6.07, 6.45) is 2.14. The van der Waals surface area contributed by atoms with Gasteiger partial charge in [0, 0.05) is 23.5 Å². The van der Waals surface area contributed by atoms with Crippen LogP contribution in [-0.2, 0) is 6.61 Å². The third-order valence-corrected chi connectivity index (χ3v) is 5.29. The van der Waals surface area contributed by atoms with Gasteiger partial charge in [-0.25, -0.2) is 0 Å². The van der Waals surface area contributed by atoms with E-state index in [1.807, 2.05) is 47.7 Å². The summed E-state index contributed by atoms with van der Waals surface area (Å²) in [5.74, 6) is 1.54. The van der Waals surface area contributed by atoms with E-state index in [1.165, 1.54) is 4.88 Å². The number of hydrogen-bond acceptors (Lipinski definition) is 4. The number of amides is 1. The Morgan fingerprint density at radius 3 is 2.76 bits per heavy atom. The molecule has 1 aromatic heterocycles. The van der Waals surface area contributed by atoms with Crippen LogP contribution < -0.4 is 10.1 Å². The molecule has 0 atom stereocenters. The fourth-order valence-electron chi connectivity index (χ4n) is 3.08. The van der Waals surface area contributed by atoms with Gasteiger partial charge in [0.1, 0.15) is 12.4 Å². The quantitative estimate of drug-likeness (QED) is 0.828. The Labute approximate surface area is 159 Å². The molecule has 6 heteroatoms. The molecule has 1 aromatic carbocycles. The maximum atomic E-state index is 12.7. The smallest absolute Gasteiger partial charge is 0.253 e. The van der Waals surface area contributed by atoms with Crippen LogP contribution in [0.1, 0.15) is 28.1 Å². The second kappa shape index (κ2) is 9.80. The molecule has 136 valence electrons. The minimum Gasteiger partial charge on any atom is -0.488 e. The lowest BCUT2D eigenvalue weighted by molar-refractivity contribution is 0.0690. The van der Waals surface area contributed by atoms with Crippen molar-refractivity contribution in [2.75, 3.05) is 26.7 Å². The molecule has 1 fully saturated rings. The van der Waals surface area contributed by atoms with Gasteiger partial charge in [0.05, 0.1) is 0 Å². The van der Waals surface area contributed by atoms with E-state index in [-0.39, 0.29) is 18.3 Å². The molecule has 1 aliphatic rings. The molecule has 1 saturated heterocycles. The van der Waals surface area contributed by atoms with E-state index >= 15 is 0 Å². The van der Waals surface area contributed by atoms with Gasteiger partial charge in [-0.1, -0.05) is 12.1 Å². The summed E-state index contributed by atoms with van der Waals surface area (Å²) in [4.78, 5) is 15.8. The van der Waals surface area contributed by atoms with Gasteiger partial charge in [-0.15, -0.1) is 23.7 Å². The van der Waals surface area contributed by atoms with E-state index in [0.29, 0.717) is 18.1 Å². The van der Waals surface area contributed by atoms with Crippen molar-refractivity contribution >= 4 is 29.7 Å². The molecule has 25 heavy (non-hydrogen) atoms. The first kappa shape index (κ1) is 19.8. The molecule has 0 spiro atoms. The number of ether oxygens (including phenoxy) is 1. The Morgan fingerprint density at radius 2 is 2.08 bits per heavy atom. The molecule has 1 N–H and O–H groups in total. The Hall–Kier alpha value is -1.56. The Kier molecular flexibility index (Phi) is 7.75. The summed E-state index contributed by atoms with van der Waals surface area (Å²) in [6, 6.07) is 11.6. The van der Waals surface area contributed by atoms with Crippen LogP contribution in [0.2, 0.25) is 0 Å². The van der Waals surface area contributed by atoms with Crippen LogP contribution >= 0.6 is 23.7 Å². The van der Waals surface area contributed by atoms with Gasteiger partial charge in [-0.05, 0) is 62.0 Å². The number of thiophene rings is 1. The molecule has 1 amide bonds. The summed E-state index contributed by atoms with van der Waals surface area (Å²) in [7, 11) is 1.99. The zero-order chi connectivity index (χ0) is 16.8. The van der Waals surface area contributed by atoms with Gasteiger partial charge in [-0.3, -0.25) is 4.79 Å². The van der Waals surface area contributed by atoms with Crippen molar-refractivity contribution in [1.82, 2.24) is 10.2 Å².